The number of hydrogen-bond acceptors (Lipinski definition) is 10. The van der Waals surface area contributed by atoms with Gasteiger partial charge in [-0.3, -0.25) is 9.69 Å². The molecule has 3 aliphatic heterocycles. The first-order valence-corrected chi connectivity index (χ1v) is 13.2. The molecular formula is C28H37NO9. The molecule has 1 fully saturated rings. The van der Waals surface area contributed by atoms with E-state index in [1.807, 2.05) is 12.1 Å². The zero-order valence-electron chi connectivity index (χ0n) is 22.5. The molecule has 0 saturated carbocycles. The van der Waals surface area contributed by atoms with Crippen LogP contribution in [0.5, 0.6) is 11.5 Å². The van der Waals surface area contributed by atoms with Crippen LogP contribution in [0.25, 0.3) is 0 Å². The van der Waals surface area contributed by atoms with Gasteiger partial charge >= 0.3 is 11.9 Å². The third kappa shape index (κ3) is 4.85. The highest BCUT2D eigenvalue weighted by molar-refractivity contribution is 5.86. The monoisotopic (exact) mass is 531 g/mol. The Bertz CT molecular complexity index is 1140. The van der Waals surface area contributed by atoms with Crippen molar-refractivity contribution in [1.82, 2.24) is 4.90 Å². The zero-order valence-corrected chi connectivity index (χ0v) is 22.5. The fraction of sp³-hybridized carbons (Fsp3) is 0.643. The van der Waals surface area contributed by atoms with Gasteiger partial charge in [-0.25, -0.2) is 4.79 Å². The van der Waals surface area contributed by atoms with Crippen molar-refractivity contribution in [1.29, 1.82) is 0 Å². The number of ether oxygens (including phenoxy) is 5. The Morgan fingerprint density at radius 2 is 1.79 bits per heavy atom. The van der Waals surface area contributed by atoms with Crippen LogP contribution >= 0.6 is 0 Å². The first kappa shape index (κ1) is 26.8. The number of carbonyl (C=O) groups is 2. The molecule has 0 bridgehead atoms. The summed E-state index contributed by atoms with van der Waals surface area (Å²) in [7, 11) is 2.78. The van der Waals surface area contributed by atoms with Crippen LogP contribution in [0.2, 0.25) is 0 Å². The fourth-order valence-electron chi connectivity index (χ4n) is 6.36. The third-order valence-electron chi connectivity index (χ3n) is 8.20. The summed E-state index contributed by atoms with van der Waals surface area (Å²) in [6, 6.07) is 3.98. The second-order valence-corrected chi connectivity index (χ2v) is 11.3. The van der Waals surface area contributed by atoms with Crippen molar-refractivity contribution in [2.45, 2.75) is 81.6 Å². The maximum Gasteiger partial charge on any atom is 0.339 e. The Labute approximate surface area is 222 Å². The average Bonchev–Trinajstić information content (AvgIpc) is 3.52. The van der Waals surface area contributed by atoms with Gasteiger partial charge in [-0.05, 0) is 74.8 Å². The third-order valence-corrected chi connectivity index (χ3v) is 8.20. The van der Waals surface area contributed by atoms with Crippen LogP contribution in [0.4, 0.5) is 0 Å². The van der Waals surface area contributed by atoms with E-state index < -0.39 is 35.7 Å². The lowest BCUT2D eigenvalue weighted by molar-refractivity contribution is -0.178. The minimum atomic E-state index is -2.11. The number of methoxy groups -OCH3 is 2. The summed E-state index contributed by atoms with van der Waals surface area (Å²) < 4.78 is 28.0. The standard InChI is InChI=1S/C28H37NO9/c1-27(2,32)8-5-9-28(33,14-21(30)34-3)26(31)38-25-22-18-13-20-19(36-15-37-20)12-16(18)6-10-29-11-7-17(23(22)29)24(25)35-4/h12-13,22-23,25,32-33H,5-11,14-15H2,1-4H3. The molecule has 0 spiro atoms. The number of fused-ring (bicyclic) bond motifs is 3. The Balaban J connectivity index is 1.48. The molecule has 5 rings (SSSR count). The first-order chi connectivity index (χ1) is 18.0. The van der Waals surface area contributed by atoms with Crippen LogP contribution in [-0.4, -0.2) is 84.5 Å². The van der Waals surface area contributed by atoms with Gasteiger partial charge in [0, 0.05) is 25.0 Å². The zero-order chi connectivity index (χ0) is 27.2. The second-order valence-electron chi connectivity index (χ2n) is 11.3. The van der Waals surface area contributed by atoms with Gasteiger partial charge in [0.2, 0.25) is 6.79 Å². The molecule has 1 saturated heterocycles. The van der Waals surface area contributed by atoms with Crippen LogP contribution in [-0.2, 0) is 30.2 Å². The van der Waals surface area contributed by atoms with Crippen molar-refractivity contribution < 1.29 is 43.5 Å². The topological polar surface area (TPSA) is 124 Å². The van der Waals surface area contributed by atoms with Crippen LogP contribution in [0.15, 0.2) is 23.5 Å². The molecule has 4 unspecified atom stereocenters. The molecule has 4 atom stereocenters. The maximum absolute atomic E-state index is 13.7. The summed E-state index contributed by atoms with van der Waals surface area (Å²) in [4.78, 5) is 28.3. The predicted octanol–water partition coefficient (Wildman–Crippen LogP) is 2.19. The van der Waals surface area contributed by atoms with Crippen molar-refractivity contribution in [3.63, 3.8) is 0 Å². The van der Waals surface area contributed by atoms with Crippen molar-refractivity contribution in [3.8, 4) is 11.5 Å². The highest BCUT2D eigenvalue weighted by Crippen LogP contribution is 2.52. The van der Waals surface area contributed by atoms with E-state index in [1.165, 1.54) is 7.11 Å². The van der Waals surface area contributed by atoms with E-state index >= 15 is 0 Å². The van der Waals surface area contributed by atoms with Crippen molar-refractivity contribution in [2.75, 3.05) is 34.1 Å². The number of aliphatic hydroxyl groups is 2. The van der Waals surface area contributed by atoms with Crippen molar-refractivity contribution in [3.05, 3.63) is 34.6 Å². The smallest absolute Gasteiger partial charge is 0.339 e. The minimum absolute atomic E-state index is 0.00624. The van der Waals surface area contributed by atoms with Gasteiger partial charge in [-0.1, -0.05) is 0 Å². The molecule has 1 aliphatic carbocycles. The lowest BCUT2D eigenvalue weighted by atomic mass is 9.86. The van der Waals surface area contributed by atoms with E-state index in [-0.39, 0.29) is 25.2 Å². The quantitative estimate of drug-likeness (QED) is 0.458. The first-order valence-electron chi connectivity index (χ1n) is 13.2. The average molecular weight is 532 g/mol. The summed E-state index contributed by atoms with van der Waals surface area (Å²) in [5, 5.41) is 21.6. The molecule has 10 nitrogen and oxygen atoms in total. The van der Waals surface area contributed by atoms with Crippen LogP contribution in [0, 0.1) is 0 Å². The number of esters is 2. The molecule has 4 aliphatic rings. The molecule has 2 N–H and O–H groups in total. The molecule has 3 heterocycles. The maximum atomic E-state index is 13.7. The SMILES string of the molecule is COC(=O)CC(O)(CCCC(C)(C)O)C(=O)OC1C(OC)=C2CCN3CCc4cc5c(cc4C1C23)OCO5. The number of benzene rings is 1. The highest BCUT2D eigenvalue weighted by atomic mass is 16.7. The number of rotatable bonds is 9. The molecule has 0 amide bonds. The number of hydrogen-bond donors (Lipinski definition) is 2. The lowest BCUT2D eigenvalue weighted by Crippen LogP contribution is -2.46. The van der Waals surface area contributed by atoms with Gasteiger partial charge in [-0.2, -0.15) is 0 Å². The summed E-state index contributed by atoms with van der Waals surface area (Å²) >= 11 is 0. The summed E-state index contributed by atoms with van der Waals surface area (Å²) in [6.45, 7) is 5.20. The molecule has 0 aromatic heterocycles. The van der Waals surface area contributed by atoms with Gasteiger partial charge in [0.05, 0.1) is 26.2 Å². The summed E-state index contributed by atoms with van der Waals surface area (Å²) in [5.41, 5.74) is 0.110. The van der Waals surface area contributed by atoms with Gasteiger partial charge in [0.25, 0.3) is 0 Å². The van der Waals surface area contributed by atoms with E-state index in [2.05, 4.69) is 4.90 Å². The molecule has 1 aromatic carbocycles. The molecule has 38 heavy (non-hydrogen) atoms. The Morgan fingerprint density at radius 1 is 1.08 bits per heavy atom. The van der Waals surface area contributed by atoms with Gasteiger partial charge in [0.15, 0.2) is 23.2 Å². The number of carbonyl (C=O) groups excluding carboxylic acids is 2. The fourth-order valence-corrected chi connectivity index (χ4v) is 6.36. The van der Waals surface area contributed by atoms with Crippen LogP contribution < -0.4 is 9.47 Å². The molecule has 208 valence electrons. The highest BCUT2D eigenvalue weighted by Gasteiger charge is 2.55. The number of nitrogens with zero attached hydrogens (tertiary/aromatic N) is 1. The summed E-state index contributed by atoms with van der Waals surface area (Å²) in [6.07, 6.45) is 0.865. The largest absolute Gasteiger partial charge is 0.497 e. The van der Waals surface area contributed by atoms with E-state index in [4.69, 9.17) is 23.7 Å². The van der Waals surface area contributed by atoms with Gasteiger partial charge < -0.3 is 33.9 Å². The van der Waals surface area contributed by atoms with E-state index in [1.54, 1.807) is 21.0 Å². The van der Waals surface area contributed by atoms with E-state index in [0.717, 1.165) is 42.6 Å². The molecule has 10 heteroatoms. The van der Waals surface area contributed by atoms with Crippen molar-refractivity contribution >= 4 is 11.9 Å². The summed E-state index contributed by atoms with van der Waals surface area (Å²) in [5.74, 6) is 0.0607. The van der Waals surface area contributed by atoms with Gasteiger partial charge in [0.1, 0.15) is 5.76 Å². The Kier molecular flexibility index (Phi) is 7.08. The van der Waals surface area contributed by atoms with E-state index in [0.29, 0.717) is 30.1 Å². The molecular weight excluding hydrogens is 494 g/mol. The van der Waals surface area contributed by atoms with Crippen LogP contribution in [0.3, 0.4) is 0 Å². The minimum Gasteiger partial charge on any atom is -0.497 e. The van der Waals surface area contributed by atoms with E-state index in [9.17, 15) is 19.8 Å². The Morgan fingerprint density at radius 3 is 2.47 bits per heavy atom. The predicted molar refractivity (Wildman–Crippen MR) is 135 cm³/mol. The lowest BCUT2D eigenvalue weighted by Gasteiger charge is -2.33. The van der Waals surface area contributed by atoms with Crippen molar-refractivity contribution in [2.24, 2.45) is 0 Å². The Hall–Kier alpha value is -2.82. The molecule has 0 radical (unpaired) electrons. The second kappa shape index (κ2) is 10.1. The normalized spacial score (nSPS) is 25.4. The van der Waals surface area contributed by atoms with Gasteiger partial charge in [-0.15, -0.1) is 0 Å². The molecule has 1 aromatic rings. The van der Waals surface area contributed by atoms with Crippen LogP contribution in [0.1, 0.15) is 63.0 Å².